The highest BCUT2D eigenvalue weighted by molar-refractivity contribution is 7.16. The molecule has 4 heteroatoms. The molecule has 1 amide bonds. The Morgan fingerprint density at radius 1 is 1.37 bits per heavy atom. The minimum Gasteiger partial charge on any atom is -0.390 e. The molecule has 2 rings (SSSR count). The summed E-state index contributed by atoms with van der Waals surface area (Å²) >= 11 is 1.63. The molecule has 1 atom stereocenters. The summed E-state index contributed by atoms with van der Waals surface area (Å²) in [7, 11) is 0. The third-order valence-electron chi connectivity index (χ3n) is 4.17. The van der Waals surface area contributed by atoms with Crippen molar-refractivity contribution in [2.75, 3.05) is 18.8 Å². The van der Waals surface area contributed by atoms with Crippen molar-refractivity contribution in [1.82, 2.24) is 4.90 Å². The molecule has 2 N–H and O–H groups in total. The molecule has 0 radical (unpaired) electrons. The molecule has 0 fully saturated rings. The van der Waals surface area contributed by atoms with Gasteiger partial charge in [0.1, 0.15) is 0 Å². The van der Waals surface area contributed by atoms with Gasteiger partial charge in [-0.05, 0) is 51.0 Å². The van der Waals surface area contributed by atoms with Gasteiger partial charge in [-0.2, -0.15) is 0 Å². The molecule has 1 unspecified atom stereocenters. The normalized spacial score (nSPS) is 18.2. The summed E-state index contributed by atoms with van der Waals surface area (Å²) in [5.41, 5.74) is 8.24. The lowest BCUT2D eigenvalue weighted by molar-refractivity contribution is 0.0772. The van der Waals surface area contributed by atoms with Crippen LogP contribution in [0, 0.1) is 0 Å². The van der Waals surface area contributed by atoms with Crippen molar-refractivity contribution in [3.8, 4) is 0 Å². The maximum absolute atomic E-state index is 12.7. The van der Waals surface area contributed by atoms with Crippen LogP contribution in [0.5, 0.6) is 0 Å². The third kappa shape index (κ3) is 2.50. The standard InChI is InChI=1S/C15H24N2OS/c1-4-10-8-7-9-11-12(10)13(14(16)19-11)15(18)17(5-2)6-3/h10H,4-9,16H2,1-3H3. The number of aryl methyl sites for hydroxylation is 1. The van der Waals surface area contributed by atoms with E-state index < -0.39 is 0 Å². The second kappa shape index (κ2) is 5.95. The monoisotopic (exact) mass is 280 g/mol. The van der Waals surface area contributed by atoms with E-state index in [4.69, 9.17) is 5.73 Å². The number of nitrogens with two attached hydrogens (primary N) is 1. The van der Waals surface area contributed by atoms with Crippen LogP contribution in [-0.2, 0) is 6.42 Å². The fourth-order valence-corrected chi connectivity index (χ4v) is 4.27. The van der Waals surface area contributed by atoms with E-state index in [1.165, 1.54) is 23.3 Å². The zero-order valence-corrected chi connectivity index (χ0v) is 13.0. The summed E-state index contributed by atoms with van der Waals surface area (Å²) in [5, 5.41) is 0.724. The Hall–Kier alpha value is -1.03. The second-order valence-electron chi connectivity index (χ2n) is 5.15. The fraction of sp³-hybridized carbons (Fsp3) is 0.667. The number of fused-ring (bicyclic) bond motifs is 1. The molecule has 1 aromatic rings. The number of nitrogen functional groups attached to an aromatic ring is 1. The summed E-state index contributed by atoms with van der Waals surface area (Å²) in [4.78, 5) is 15.9. The molecule has 1 aromatic heterocycles. The first kappa shape index (κ1) is 14.4. The molecule has 0 aliphatic heterocycles. The second-order valence-corrected chi connectivity index (χ2v) is 6.29. The highest BCUT2D eigenvalue weighted by Gasteiger charge is 2.30. The Morgan fingerprint density at radius 2 is 2.05 bits per heavy atom. The molecule has 0 saturated carbocycles. The van der Waals surface area contributed by atoms with Crippen LogP contribution >= 0.6 is 11.3 Å². The molecule has 0 bridgehead atoms. The van der Waals surface area contributed by atoms with Crippen LogP contribution in [-0.4, -0.2) is 23.9 Å². The lowest BCUT2D eigenvalue weighted by atomic mass is 9.83. The van der Waals surface area contributed by atoms with Gasteiger partial charge in [0, 0.05) is 18.0 Å². The fourth-order valence-electron chi connectivity index (χ4n) is 3.08. The van der Waals surface area contributed by atoms with Crippen LogP contribution in [0.25, 0.3) is 0 Å². The molecule has 0 aromatic carbocycles. The van der Waals surface area contributed by atoms with E-state index in [0.29, 0.717) is 5.92 Å². The molecule has 1 heterocycles. The molecule has 1 aliphatic rings. The van der Waals surface area contributed by atoms with E-state index in [9.17, 15) is 4.79 Å². The quantitative estimate of drug-likeness (QED) is 0.915. The number of nitrogens with zero attached hydrogens (tertiary/aromatic N) is 1. The zero-order valence-electron chi connectivity index (χ0n) is 12.2. The lowest BCUT2D eigenvalue weighted by Crippen LogP contribution is -2.31. The van der Waals surface area contributed by atoms with Crippen molar-refractivity contribution in [3.05, 3.63) is 16.0 Å². The van der Waals surface area contributed by atoms with Gasteiger partial charge in [0.05, 0.1) is 10.6 Å². The predicted octanol–water partition coefficient (Wildman–Crippen LogP) is 3.64. The van der Waals surface area contributed by atoms with Gasteiger partial charge in [0.2, 0.25) is 0 Å². The van der Waals surface area contributed by atoms with Crippen LogP contribution < -0.4 is 5.73 Å². The Kier molecular flexibility index (Phi) is 4.50. The molecule has 19 heavy (non-hydrogen) atoms. The van der Waals surface area contributed by atoms with Crippen LogP contribution in [0.3, 0.4) is 0 Å². The van der Waals surface area contributed by atoms with E-state index in [2.05, 4.69) is 6.92 Å². The number of rotatable bonds is 4. The number of hydrogen-bond donors (Lipinski definition) is 1. The first-order chi connectivity index (χ1) is 9.13. The van der Waals surface area contributed by atoms with Gasteiger partial charge in [-0.25, -0.2) is 0 Å². The van der Waals surface area contributed by atoms with Crippen molar-refractivity contribution in [3.63, 3.8) is 0 Å². The topological polar surface area (TPSA) is 46.3 Å². The van der Waals surface area contributed by atoms with E-state index >= 15 is 0 Å². The summed E-state index contributed by atoms with van der Waals surface area (Å²) in [6, 6.07) is 0. The molecule has 106 valence electrons. The van der Waals surface area contributed by atoms with Gasteiger partial charge in [0.15, 0.2) is 0 Å². The third-order valence-corrected chi connectivity index (χ3v) is 5.27. The van der Waals surface area contributed by atoms with Crippen molar-refractivity contribution in [1.29, 1.82) is 0 Å². The van der Waals surface area contributed by atoms with Crippen LogP contribution in [0.1, 0.15) is 66.8 Å². The Morgan fingerprint density at radius 3 is 2.63 bits per heavy atom. The Labute approximate surface area is 119 Å². The van der Waals surface area contributed by atoms with Crippen LogP contribution in [0.15, 0.2) is 0 Å². The van der Waals surface area contributed by atoms with Gasteiger partial charge in [-0.1, -0.05) is 6.92 Å². The number of anilines is 1. The molecule has 1 aliphatic carbocycles. The minimum absolute atomic E-state index is 0.125. The minimum atomic E-state index is 0.125. The van der Waals surface area contributed by atoms with E-state index in [1.807, 2.05) is 18.7 Å². The van der Waals surface area contributed by atoms with Crippen molar-refractivity contribution >= 4 is 22.2 Å². The summed E-state index contributed by atoms with van der Waals surface area (Å²) < 4.78 is 0. The van der Waals surface area contributed by atoms with Crippen molar-refractivity contribution in [2.45, 2.75) is 52.4 Å². The van der Waals surface area contributed by atoms with Crippen molar-refractivity contribution < 1.29 is 4.79 Å². The number of thiophene rings is 1. The SMILES string of the molecule is CCC1CCCc2sc(N)c(C(=O)N(CC)CC)c21. The smallest absolute Gasteiger partial charge is 0.257 e. The van der Waals surface area contributed by atoms with Gasteiger partial charge in [0.25, 0.3) is 5.91 Å². The first-order valence-corrected chi connectivity index (χ1v) is 8.15. The Balaban J connectivity index is 2.45. The van der Waals surface area contributed by atoms with Gasteiger partial charge in [-0.15, -0.1) is 11.3 Å². The number of hydrogen-bond acceptors (Lipinski definition) is 3. The highest BCUT2D eigenvalue weighted by Crippen LogP contribution is 2.43. The average molecular weight is 280 g/mol. The molecule has 3 nitrogen and oxygen atoms in total. The largest absolute Gasteiger partial charge is 0.390 e. The van der Waals surface area contributed by atoms with Gasteiger partial charge in [-0.3, -0.25) is 4.79 Å². The molecular formula is C15H24N2OS. The molecule has 0 saturated heterocycles. The van der Waals surface area contributed by atoms with E-state index in [1.54, 1.807) is 11.3 Å². The molecule has 0 spiro atoms. The maximum atomic E-state index is 12.7. The van der Waals surface area contributed by atoms with Crippen LogP contribution in [0.2, 0.25) is 0 Å². The average Bonchev–Trinajstić information content (AvgIpc) is 2.75. The van der Waals surface area contributed by atoms with E-state index in [-0.39, 0.29) is 5.91 Å². The number of carbonyl (C=O) groups is 1. The maximum Gasteiger partial charge on any atom is 0.257 e. The summed E-state index contributed by atoms with van der Waals surface area (Å²) in [6.07, 6.45) is 4.61. The van der Waals surface area contributed by atoms with E-state index in [0.717, 1.165) is 36.5 Å². The van der Waals surface area contributed by atoms with Gasteiger partial charge < -0.3 is 10.6 Å². The zero-order chi connectivity index (χ0) is 14.0. The Bertz CT molecular complexity index is 463. The van der Waals surface area contributed by atoms with Crippen molar-refractivity contribution in [2.24, 2.45) is 0 Å². The first-order valence-electron chi connectivity index (χ1n) is 7.34. The number of carbonyl (C=O) groups excluding carboxylic acids is 1. The highest BCUT2D eigenvalue weighted by atomic mass is 32.1. The number of amides is 1. The summed E-state index contributed by atoms with van der Waals surface area (Å²) in [5.74, 6) is 0.646. The van der Waals surface area contributed by atoms with Crippen LogP contribution in [0.4, 0.5) is 5.00 Å². The molecular weight excluding hydrogens is 256 g/mol. The summed E-state index contributed by atoms with van der Waals surface area (Å²) in [6.45, 7) is 7.74. The lowest BCUT2D eigenvalue weighted by Gasteiger charge is -2.25. The predicted molar refractivity (Wildman–Crippen MR) is 82.0 cm³/mol. The van der Waals surface area contributed by atoms with Gasteiger partial charge >= 0.3 is 0 Å².